The molecule has 0 bridgehead atoms. The van der Waals surface area contributed by atoms with Gasteiger partial charge in [0.15, 0.2) is 0 Å². The monoisotopic (exact) mass is 373 g/mol. The molecule has 0 N–H and O–H groups in total. The van der Waals surface area contributed by atoms with E-state index in [1.807, 2.05) is 18.1 Å². The summed E-state index contributed by atoms with van der Waals surface area (Å²) in [6.45, 7) is 5.44. The van der Waals surface area contributed by atoms with Crippen molar-refractivity contribution in [2.45, 2.75) is 44.6 Å². The Morgan fingerprint density at radius 3 is 2.37 bits per heavy atom. The van der Waals surface area contributed by atoms with Crippen molar-refractivity contribution in [1.29, 1.82) is 0 Å². The lowest BCUT2D eigenvalue weighted by Crippen LogP contribution is -2.51. The Kier molecular flexibility index (Phi) is 5.48. The van der Waals surface area contributed by atoms with Gasteiger partial charge in [0, 0.05) is 52.0 Å². The molecule has 3 fully saturated rings. The zero-order chi connectivity index (χ0) is 18.8. The lowest BCUT2D eigenvalue weighted by atomic mass is 9.93. The van der Waals surface area contributed by atoms with Gasteiger partial charge >= 0.3 is 0 Å². The Bertz CT molecular complexity index is 674. The van der Waals surface area contributed by atoms with Crippen LogP contribution in [0.4, 0.5) is 0 Å². The highest BCUT2D eigenvalue weighted by atomic mass is 16.2. The number of hydrogen-bond donors (Lipinski definition) is 0. The third kappa shape index (κ3) is 4.03. The first-order valence-electron chi connectivity index (χ1n) is 10.4. The first-order chi connectivity index (χ1) is 13.1. The molecular weight excluding hydrogens is 342 g/mol. The summed E-state index contributed by atoms with van der Waals surface area (Å²) in [5, 5.41) is 4.23. The lowest BCUT2D eigenvalue weighted by molar-refractivity contribution is -0.136. The Labute approximate surface area is 161 Å². The number of aromatic nitrogens is 2. The highest BCUT2D eigenvalue weighted by Crippen LogP contribution is 2.26. The molecule has 0 aromatic carbocycles. The molecule has 3 aliphatic heterocycles. The van der Waals surface area contributed by atoms with Crippen LogP contribution in [0.15, 0.2) is 12.3 Å². The van der Waals surface area contributed by atoms with Gasteiger partial charge in [0.05, 0.1) is 5.92 Å². The van der Waals surface area contributed by atoms with Crippen molar-refractivity contribution in [2.75, 3.05) is 39.3 Å². The standard InChI is InChI=1S/C20H31N5O2/c1-22-12-8-18(21-22)20(27)24-13-6-17(7-14-24)25-11-4-5-16(15-25)19(26)23-9-2-3-10-23/h8,12,16-17H,2-7,9-11,13-15H2,1H3. The summed E-state index contributed by atoms with van der Waals surface area (Å²) in [7, 11) is 1.83. The van der Waals surface area contributed by atoms with Gasteiger partial charge in [0.1, 0.15) is 5.69 Å². The average molecular weight is 374 g/mol. The maximum atomic E-state index is 12.8. The van der Waals surface area contributed by atoms with E-state index in [0.717, 1.165) is 77.8 Å². The minimum atomic E-state index is 0.0368. The maximum absolute atomic E-state index is 12.8. The average Bonchev–Trinajstić information content (AvgIpc) is 3.39. The molecule has 4 heterocycles. The fraction of sp³-hybridized carbons (Fsp3) is 0.750. The van der Waals surface area contributed by atoms with Gasteiger partial charge in [-0.25, -0.2) is 0 Å². The molecule has 1 unspecified atom stereocenters. The van der Waals surface area contributed by atoms with Gasteiger partial charge in [-0.3, -0.25) is 19.2 Å². The van der Waals surface area contributed by atoms with E-state index in [2.05, 4.69) is 14.9 Å². The van der Waals surface area contributed by atoms with Crippen LogP contribution in [0.5, 0.6) is 0 Å². The first-order valence-corrected chi connectivity index (χ1v) is 10.4. The minimum Gasteiger partial charge on any atom is -0.342 e. The Balaban J connectivity index is 1.30. The molecule has 1 aromatic rings. The van der Waals surface area contributed by atoms with E-state index in [9.17, 15) is 9.59 Å². The van der Waals surface area contributed by atoms with Gasteiger partial charge < -0.3 is 9.80 Å². The van der Waals surface area contributed by atoms with Crippen molar-refractivity contribution in [2.24, 2.45) is 13.0 Å². The number of aryl methyl sites for hydroxylation is 1. The molecule has 148 valence electrons. The predicted octanol–water partition coefficient (Wildman–Crippen LogP) is 1.36. The van der Waals surface area contributed by atoms with Gasteiger partial charge in [-0.05, 0) is 51.1 Å². The van der Waals surface area contributed by atoms with Gasteiger partial charge in [0.25, 0.3) is 5.91 Å². The zero-order valence-electron chi connectivity index (χ0n) is 16.3. The number of carbonyl (C=O) groups excluding carboxylic acids is 2. The third-order valence-electron chi connectivity index (χ3n) is 6.42. The van der Waals surface area contributed by atoms with Crippen LogP contribution in [-0.2, 0) is 11.8 Å². The SMILES string of the molecule is Cn1ccc(C(=O)N2CCC(N3CCCC(C(=O)N4CCCC4)C3)CC2)n1. The molecule has 7 heteroatoms. The molecule has 1 atom stereocenters. The molecule has 1 aromatic heterocycles. The Hall–Kier alpha value is -1.89. The smallest absolute Gasteiger partial charge is 0.274 e. The van der Waals surface area contributed by atoms with E-state index in [1.54, 1.807) is 10.7 Å². The van der Waals surface area contributed by atoms with E-state index in [0.29, 0.717) is 17.6 Å². The van der Waals surface area contributed by atoms with Crippen LogP contribution >= 0.6 is 0 Å². The summed E-state index contributed by atoms with van der Waals surface area (Å²) < 4.78 is 1.67. The van der Waals surface area contributed by atoms with E-state index in [-0.39, 0.29) is 11.8 Å². The van der Waals surface area contributed by atoms with Gasteiger partial charge in [-0.1, -0.05) is 0 Å². The van der Waals surface area contributed by atoms with E-state index >= 15 is 0 Å². The topological polar surface area (TPSA) is 61.7 Å². The van der Waals surface area contributed by atoms with Crippen molar-refractivity contribution >= 4 is 11.8 Å². The van der Waals surface area contributed by atoms with Crippen molar-refractivity contribution < 1.29 is 9.59 Å². The number of likely N-dealkylation sites (tertiary alicyclic amines) is 3. The number of amides is 2. The molecule has 0 spiro atoms. The third-order valence-corrected chi connectivity index (χ3v) is 6.42. The molecule has 0 aliphatic carbocycles. The molecule has 4 rings (SSSR count). The summed E-state index contributed by atoms with van der Waals surface area (Å²) in [4.78, 5) is 31.9. The van der Waals surface area contributed by atoms with Crippen LogP contribution in [0, 0.1) is 5.92 Å². The van der Waals surface area contributed by atoms with Gasteiger partial charge in [-0.15, -0.1) is 0 Å². The normalized spacial score (nSPS) is 25.1. The largest absolute Gasteiger partial charge is 0.342 e. The summed E-state index contributed by atoms with van der Waals surface area (Å²) in [6, 6.07) is 2.28. The molecule has 7 nitrogen and oxygen atoms in total. The lowest BCUT2D eigenvalue weighted by Gasteiger charge is -2.42. The van der Waals surface area contributed by atoms with Crippen LogP contribution in [0.25, 0.3) is 0 Å². The number of hydrogen-bond acceptors (Lipinski definition) is 4. The molecule has 3 aliphatic rings. The number of nitrogens with zero attached hydrogens (tertiary/aromatic N) is 5. The number of piperidine rings is 2. The van der Waals surface area contributed by atoms with Crippen LogP contribution in [0.1, 0.15) is 49.0 Å². The fourth-order valence-corrected chi connectivity index (χ4v) is 4.86. The van der Waals surface area contributed by atoms with Crippen LogP contribution in [0.2, 0.25) is 0 Å². The Morgan fingerprint density at radius 2 is 1.70 bits per heavy atom. The van der Waals surface area contributed by atoms with Crippen LogP contribution in [0.3, 0.4) is 0 Å². The summed E-state index contributed by atoms with van der Waals surface area (Å²) in [5.41, 5.74) is 0.533. The second kappa shape index (κ2) is 8.00. The highest BCUT2D eigenvalue weighted by Gasteiger charge is 2.34. The minimum absolute atomic E-state index is 0.0368. The second-order valence-electron chi connectivity index (χ2n) is 8.26. The van der Waals surface area contributed by atoms with E-state index in [4.69, 9.17) is 0 Å². The highest BCUT2D eigenvalue weighted by molar-refractivity contribution is 5.92. The molecular formula is C20H31N5O2. The van der Waals surface area contributed by atoms with E-state index in [1.165, 1.54) is 0 Å². The molecule has 3 saturated heterocycles. The van der Waals surface area contributed by atoms with E-state index < -0.39 is 0 Å². The molecule has 2 amide bonds. The summed E-state index contributed by atoms with van der Waals surface area (Å²) >= 11 is 0. The van der Waals surface area contributed by atoms with Crippen LogP contribution in [-0.4, -0.2) is 81.6 Å². The maximum Gasteiger partial charge on any atom is 0.274 e. The van der Waals surface area contributed by atoms with Crippen molar-refractivity contribution in [3.8, 4) is 0 Å². The number of carbonyl (C=O) groups is 2. The fourth-order valence-electron chi connectivity index (χ4n) is 4.86. The zero-order valence-corrected chi connectivity index (χ0v) is 16.3. The second-order valence-corrected chi connectivity index (χ2v) is 8.26. The summed E-state index contributed by atoms with van der Waals surface area (Å²) in [6.07, 6.45) is 8.24. The van der Waals surface area contributed by atoms with Gasteiger partial charge in [0.2, 0.25) is 5.91 Å². The van der Waals surface area contributed by atoms with Crippen molar-refractivity contribution in [3.63, 3.8) is 0 Å². The molecule has 0 radical (unpaired) electrons. The molecule has 27 heavy (non-hydrogen) atoms. The number of rotatable bonds is 3. The van der Waals surface area contributed by atoms with Crippen molar-refractivity contribution in [1.82, 2.24) is 24.5 Å². The quantitative estimate of drug-likeness (QED) is 0.803. The predicted molar refractivity (Wildman–Crippen MR) is 102 cm³/mol. The first kappa shape index (κ1) is 18.5. The summed E-state index contributed by atoms with van der Waals surface area (Å²) in [5.74, 6) is 0.583. The Morgan fingerprint density at radius 1 is 0.963 bits per heavy atom. The molecule has 0 saturated carbocycles. The van der Waals surface area contributed by atoms with Crippen LogP contribution < -0.4 is 0 Å². The van der Waals surface area contributed by atoms with Crippen molar-refractivity contribution in [3.05, 3.63) is 18.0 Å². The van der Waals surface area contributed by atoms with Gasteiger partial charge in [-0.2, -0.15) is 5.10 Å².